The standard InChI is InChI=1S/C29H32F2N4O4/c30-22-14-21-24(15-23(22)31)32-19-34(26(21)36)18-29(38)10-11-33(17-28(29)8-4-5-9-28)27(37)35-12-13-39-16-25(35)20-6-2-1-3-7-20/h1-3,6-7,14-15,19,25,38H,4-5,8-13,16-18H2/t25-,29?/m0/s1. The summed E-state index contributed by atoms with van der Waals surface area (Å²) in [5.74, 6) is -2.18. The van der Waals surface area contributed by atoms with Crippen LogP contribution in [0.4, 0.5) is 13.6 Å². The van der Waals surface area contributed by atoms with Crippen molar-refractivity contribution in [3.8, 4) is 0 Å². The highest BCUT2D eigenvalue weighted by Gasteiger charge is 2.56. The van der Waals surface area contributed by atoms with Crippen LogP contribution in [0.1, 0.15) is 43.7 Å². The minimum absolute atomic E-state index is 0.0278. The molecule has 2 aliphatic heterocycles. The Morgan fingerprint density at radius 3 is 2.59 bits per heavy atom. The van der Waals surface area contributed by atoms with Gasteiger partial charge in [0.05, 0.1) is 48.6 Å². The third-order valence-electron chi connectivity index (χ3n) is 8.96. The van der Waals surface area contributed by atoms with Gasteiger partial charge in [0.15, 0.2) is 11.6 Å². The van der Waals surface area contributed by atoms with Crippen molar-refractivity contribution in [3.05, 3.63) is 76.3 Å². The summed E-state index contributed by atoms with van der Waals surface area (Å²) >= 11 is 0. The van der Waals surface area contributed by atoms with Crippen LogP contribution in [0.5, 0.6) is 0 Å². The molecule has 1 saturated carbocycles. The average molecular weight is 539 g/mol. The summed E-state index contributed by atoms with van der Waals surface area (Å²) in [6.45, 7) is 2.09. The normalized spacial score (nSPS) is 24.9. The van der Waals surface area contributed by atoms with Crippen molar-refractivity contribution < 1.29 is 23.4 Å². The molecule has 6 rings (SSSR count). The van der Waals surface area contributed by atoms with Gasteiger partial charge in [-0.05, 0) is 30.9 Å². The third-order valence-corrected chi connectivity index (χ3v) is 8.96. The summed E-state index contributed by atoms with van der Waals surface area (Å²) in [7, 11) is 0. The predicted octanol–water partition coefficient (Wildman–Crippen LogP) is 3.87. The zero-order chi connectivity index (χ0) is 27.2. The Labute approximate surface area is 224 Å². The molecule has 3 fully saturated rings. The van der Waals surface area contributed by atoms with Crippen LogP contribution in [-0.4, -0.2) is 68.9 Å². The monoisotopic (exact) mass is 538 g/mol. The molecule has 2 amide bonds. The van der Waals surface area contributed by atoms with E-state index in [1.54, 1.807) is 0 Å². The van der Waals surface area contributed by atoms with Gasteiger partial charge in [0, 0.05) is 31.1 Å². The van der Waals surface area contributed by atoms with Crippen LogP contribution in [0, 0.1) is 17.0 Å². The van der Waals surface area contributed by atoms with E-state index in [1.165, 1.54) is 10.9 Å². The largest absolute Gasteiger partial charge is 0.387 e. The highest BCUT2D eigenvalue weighted by molar-refractivity contribution is 5.77. The number of carbonyl (C=O) groups excluding carboxylic acids is 1. The number of ether oxygens (including phenoxy) is 1. The summed E-state index contributed by atoms with van der Waals surface area (Å²) < 4.78 is 34.6. The van der Waals surface area contributed by atoms with Gasteiger partial charge in [-0.2, -0.15) is 0 Å². The number of benzene rings is 2. The molecule has 2 aromatic carbocycles. The molecule has 3 aliphatic rings. The number of amides is 2. The van der Waals surface area contributed by atoms with Crippen LogP contribution in [0.25, 0.3) is 10.9 Å². The molecule has 0 radical (unpaired) electrons. The van der Waals surface area contributed by atoms with Crippen LogP contribution in [0.3, 0.4) is 0 Å². The Hall–Kier alpha value is -3.37. The first-order valence-electron chi connectivity index (χ1n) is 13.6. The molecule has 206 valence electrons. The number of rotatable bonds is 3. The molecule has 2 saturated heterocycles. The van der Waals surface area contributed by atoms with Crippen molar-refractivity contribution in [2.75, 3.05) is 32.8 Å². The van der Waals surface area contributed by atoms with E-state index in [0.29, 0.717) is 39.3 Å². The molecule has 1 aromatic heterocycles. The van der Waals surface area contributed by atoms with Crippen LogP contribution in [0.15, 0.2) is 53.6 Å². The van der Waals surface area contributed by atoms with Gasteiger partial charge in [-0.15, -0.1) is 0 Å². The Bertz CT molecular complexity index is 1440. The minimum atomic E-state index is -1.26. The van der Waals surface area contributed by atoms with Crippen molar-refractivity contribution in [2.45, 2.75) is 50.3 Å². The fourth-order valence-electron chi connectivity index (χ4n) is 6.78. The Balaban J connectivity index is 1.27. The van der Waals surface area contributed by atoms with Gasteiger partial charge in [-0.1, -0.05) is 43.2 Å². The van der Waals surface area contributed by atoms with Crippen LogP contribution in [-0.2, 0) is 11.3 Å². The van der Waals surface area contributed by atoms with E-state index in [1.807, 2.05) is 40.1 Å². The number of nitrogens with zero attached hydrogens (tertiary/aromatic N) is 4. The molecule has 0 bridgehead atoms. The zero-order valence-electron chi connectivity index (χ0n) is 21.7. The van der Waals surface area contributed by atoms with E-state index in [-0.39, 0.29) is 29.5 Å². The van der Waals surface area contributed by atoms with E-state index in [2.05, 4.69) is 4.98 Å². The Morgan fingerprint density at radius 1 is 1.08 bits per heavy atom. The highest BCUT2D eigenvalue weighted by atomic mass is 19.2. The Morgan fingerprint density at radius 2 is 1.82 bits per heavy atom. The summed E-state index contributed by atoms with van der Waals surface area (Å²) in [4.78, 5) is 35.0. The lowest BCUT2D eigenvalue weighted by Crippen LogP contribution is -2.64. The van der Waals surface area contributed by atoms with E-state index in [9.17, 15) is 23.5 Å². The first kappa shape index (κ1) is 25.9. The van der Waals surface area contributed by atoms with E-state index >= 15 is 0 Å². The smallest absolute Gasteiger partial charge is 0.320 e. The molecule has 1 spiro atoms. The first-order valence-corrected chi connectivity index (χ1v) is 13.6. The minimum Gasteiger partial charge on any atom is -0.387 e. The number of carbonyl (C=O) groups is 1. The molecule has 1 N–H and O–H groups in total. The van der Waals surface area contributed by atoms with Crippen LogP contribution in [0.2, 0.25) is 0 Å². The first-order chi connectivity index (χ1) is 18.8. The molecular formula is C29H32F2N4O4. The number of morpholine rings is 1. The van der Waals surface area contributed by atoms with Crippen molar-refractivity contribution in [1.29, 1.82) is 0 Å². The molecule has 1 unspecified atom stereocenters. The van der Waals surface area contributed by atoms with E-state index < -0.39 is 28.2 Å². The second kappa shape index (κ2) is 9.98. The van der Waals surface area contributed by atoms with Gasteiger partial charge in [-0.25, -0.2) is 18.6 Å². The number of fused-ring (bicyclic) bond motifs is 1. The van der Waals surface area contributed by atoms with Crippen LogP contribution >= 0.6 is 0 Å². The number of piperidine rings is 1. The zero-order valence-corrected chi connectivity index (χ0v) is 21.7. The number of aromatic nitrogens is 2. The SMILES string of the molecule is O=C(N1CCC(O)(Cn2cnc3cc(F)c(F)cc3c2=O)C2(CCCC2)C1)N1CCOC[C@H]1c1ccccc1. The molecule has 39 heavy (non-hydrogen) atoms. The van der Waals surface area contributed by atoms with Gasteiger partial charge in [0.25, 0.3) is 5.56 Å². The van der Waals surface area contributed by atoms with E-state index in [0.717, 1.165) is 43.4 Å². The van der Waals surface area contributed by atoms with Crippen LogP contribution < -0.4 is 5.56 Å². The lowest BCUT2D eigenvalue weighted by molar-refractivity contribution is -0.137. The van der Waals surface area contributed by atoms with Gasteiger partial charge in [-0.3, -0.25) is 9.36 Å². The summed E-state index contributed by atoms with van der Waals surface area (Å²) in [5.41, 5.74) is -1.29. The number of hydrogen-bond donors (Lipinski definition) is 1. The van der Waals surface area contributed by atoms with Crippen molar-refractivity contribution in [2.24, 2.45) is 5.41 Å². The number of hydrogen-bond acceptors (Lipinski definition) is 5. The molecule has 3 aromatic rings. The predicted molar refractivity (Wildman–Crippen MR) is 140 cm³/mol. The number of urea groups is 1. The topological polar surface area (TPSA) is 87.9 Å². The lowest BCUT2D eigenvalue weighted by Gasteiger charge is -2.53. The van der Waals surface area contributed by atoms with Gasteiger partial charge >= 0.3 is 6.03 Å². The summed E-state index contributed by atoms with van der Waals surface area (Å²) in [6, 6.07) is 11.4. The maximum absolute atomic E-state index is 13.9. The molecular weight excluding hydrogens is 506 g/mol. The highest BCUT2D eigenvalue weighted by Crippen LogP contribution is 2.52. The molecule has 8 nitrogen and oxygen atoms in total. The molecule has 1 aliphatic carbocycles. The number of halogens is 2. The quantitative estimate of drug-likeness (QED) is 0.547. The number of likely N-dealkylation sites (tertiary alicyclic amines) is 1. The maximum Gasteiger partial charge on any atom is 0.320 e. The van der Waals surface area contributed by atoms with Gasteiger partial charge in [0.2, 0.25) is 0 Å². The van der Waals surface area contributed by atoms with Crippen molar-refractivity contribution in [3.63, 3.8) is 0 Å². The fourth-order valence-corrected chi connectivity index (χ4v) is 6.78. The lowest BCUT2D eigenvalue weighted by atomic mass is 9.66. The summed E-state index contributed by atoms with van der Waals surface area (Å²) in [6.07, 6.45) is 4.88. The summed E-state index contributed by atoms with van der Waals surface area (Å²) in [5, 5.41) is 12.1. The molecule has 2 atom stereocenters. The second-order valence-electron chi connectivity index (χ2n) is 11.1. The Kier molecular flexibility index (Phi) is 6.63. The van der Waals surface area contributed by atoms with Crippen molar-refractivity contribution >= 4 is 16.9 Å². The maximum atomic E-state index is 13.9. The molecule has 10 heteroatoms. The van der Waals surface area contributed by atoms with Crippen molar-refractivity contribution in [1.82, 2.24) is 19.4 Å². The molecule has 3 heterocycles. The number of aliphatic hydroxyl groups is 1. The van der Waals surface area contributed by atoms with Gasteiger partial charge < -0.3 is 19.6 Å². The fraction of sp³-hybridized carbons (Fsp3) is 0.483. The second-order valence-corrected chi connectivity index (χ2v) is 11.1. The average Bonchev–Trinajstić information content (AvgIpc) is 3.43. The van der Waals surface area contributed by atoms with Gasteiger partial charge in [0.1, 0.15) is 0 Å². The third kappa shape index (κ3) is 4.49. The van der Waals surface area contributed by atoms with E-state index in [4.69, 9.17) is 4.74 Å².